The average Bonchev–Trinajstić information content (AvgIpc) is 3.30. The Morgan fingerprint density at radius 1 is 0.590 bits per heavy atom. The van der Waals surface area contributed by atoms with E-state index in [-0.39, 0.29) is 21.9 Å². The standard InChI is InChI=1S/C26H22N6O3S.C20H15ClN4/c1-35-26-22(36(27,33)34)14-18(15-30-26)24-31-21-12-7-11-20(17-8-3-2-4-9-17)23(21)25(32-24)29-16-19-10-5-6-13-28-19;21-20-24-17-11-6-10-16(14-7-2-1-3-8-14)18(17)19(25-20)23-13-15-9-4-5-12-22-15/h2-15H,16H2,1H3,(H2,27,33,34)(H,29,31,32);1-12H,13H2,(H,23,24,25). The van der Waals surface area contributed by atoms with Crippen LogP contribution in [0.5, 0.6) is 5.88 Å². The van der Waals surface area contributed by atoms with Gasteiger partial charge in [-0.15, -0.1) is 0 Å². The van der Waals surface area contributed by atoms with Gasteiger partial charge in [0.1, 0.15) is 16.5 Å². The largest absolute Gasteiger partial charge is 0.480 e. The Morgan fingerprint density at radius 2 is 1.11 bits per heavy atom. The second-order valence-electron chi connectivity index (χ2n) is 13.5. The summed E-state index contributed by atoms with van der Waals surface area (Å²) in [5, 5.41) is 14.1. The van der Waals surface area contributed by atoms with E-state index < -0.39 is 10.0 Å². The van der Waals surface area contributed by atoms with E-state index in [4.69, 9.17) is 31.4 Å². The molecule has 0 amide bonds. The first-order valence-electron chi connectivity index (χ1n) is 19.0. The van der Waals surface area contributed by atoms with Crippen LogP contribution in [0.4, 0.5) is 11.6 Å². The zero-order valence-electron chi connectivity index (χ0n) is 32.6. The molecular formula is C46H37ClN10O3S. The number of rotatable bonds is 11. The minimum absolute atomic E-state index is 0.0955. The predicted octanol–water partition coefficient (Wildman–Crippen LogP) is 8.98. The summed E-state index contributed by atoms with van der Waals surface area (Å²) in [6.45, 7) is 0.991. The molecule has 15 heteroatoms. The van der Waals surface area contributed by atoms with Crippen molar-refractivity contribution in [1.29, 1.82) is 0 Å². The van der Waals surface area contributed by atoms with Gasteiger partial charge in [-0.3, -0.25) is 9.97 Å². The molecule has 0 aliphatic rings. The van der Waals surface area contributed by atoms with Crippen LogP contribution in [0, 0.1) is 0 Å². The van der Waals surface area contributed by atoms with E-state index in [1.807, 2.05) is 115 Å². The summed E-state index contributed by atoms with van der Waals surface area (Å²) in [6.07, 6.45) is 4.96. The lowest BCUT2D eigenvalue weighted by molar-refractivity contribution is 0.385. The predicted molar refractivity (Wildman–Crippen MR) is 239 cm³/mol. The maximum absolute atomic E-state index is 12.1. The maximum atomic E-state index is 12.1. The molecule has 4 aromatic carbocycles. The third kappa shape index (κ3) is 9.42. The van der Waals surface area contributed by atoms with Crippen LogP contribution < -0.4 is 20.5 Å². The lowest BCUT2D eigenvalue weighted by atomic mass is 10.0. The van der Waals surface area contributed by atoms with Crippen molar-refractivity contribution in [3.63, 3.8) is 0 Å². The van der Waals surface area contributed by atoms with Gasteiger partial charge in [0.25, 0.3) is 0 Å². The Bertz CT molecular complexity index is 3060. The number of methoxy groups -OCH3 is 1. The number of hydrogen-bond donors (Lipinski definition) is 3. The van der Waals surface area contributed by atoms with Gasteiger partial charge in [0.05, 0.1) is 53.4 Å². The highest BCUT2D eigenvalue weighted by Crippen LogP contribution is 2.36. The van der Waals surface area contributed by atoms with E-state index in [0.717, 1.165) is 49.9 Å². The van der Waals surface area contributed by atoms with E-state index in [1.54, 1.807) is 12.4 Å². The van der Waals surface area contributed by atoms with Crippen molar-refractivity contribution >= 4 is 55.1 Å². The first-order valence-corrected chi connectivity index (χ1v) is 20.9. The number of aromatic nitrogens is 7. The Morgan fingerprint density at radius 3 is 1.62 bits per heavy atom. The Kier molecular flexibility index (Phi) is 12.1. The number of halogens is 1. The lowest BCUT2D eigenvalue weighted by Gasteiger charge is -2.15. The van der Waals surface area contributed by atoms with Crippen LogP contribution >= 0.6 is 11.6 Å². The summed E-state index contributed by atoms with van der Waals surface area (Å²) in [7, 11) is -2.76. The van der Waals surface area contributed by atoms with Crippen molar-refractivity contribution < 1.29 is 13.2 Å². The highest BCUT2D eigenvalue weighted by molar-refractivity contribution is 7.89. The van der Waals surface area contributed by atoms with Crippen LogP contribution in [0.25, 0.3) is 55.4 Å². The second kappa shape index (κ2) is 18.3. The number of primary sulfonamides is 1. The Labute approximate surface area is 356 Å². The minimum atomic E-state index is -4.08. The van der Waals surface area contributed by atoms with E-state index >= 15 is 0 Å². The minimum Gasteiger partial charge on any atom is -0.480 e. The topological polar surface area (TPSA) is 184 Å². The summed E-state index contributed by atoms with van der Waals surface area (Å²) in [4.78, 5) is 30.9. The molecule has 4 N–H and O–H groups in total. The van der Waals surface area contributed by atoms with E-state index in [0.29, 0.717) is 35.8 Å². The number of pyridine rings is 3. The summed E-state index contributed by atoms with van der Waals surface area (Å²) in [5.41, 5.74) is 7.80. The summed E-state index contributed by atoms with van der Waals surface area (Å²) in [5.74, 6) is 1.48. The van der Waals surface area contributed by atoms with Crippen LogP contribution in [-0.2, 0) is 23.1 Å². The molecule has 5 aromatic heterocycles. The SMILES string of the molecule is COc1ncc(-c2nc(NCc3ccccn3)c3c(-c4ccccc4)cccc3n2)cc1S(N)(=O)=O.Clc1nc(NCc2ccccn2)c2c(-c3ccccc3)cccc2n1. The fourth-order valence-electron chi connectivity index (χ4n) is 6.70. The second-order valence-corrected chi connectivity index (χ2v) is 15.4. The molecule has 0 saturated heterocycles. The number of nitrogens with zero attached hydrogens (tertiary/aromatic N) is 7. The molecule has 13 nitrogen and oxygen atoms in total. The van der Waals surface area contributed by atoms with Crippen molar-refractivity contribution in [2.24, 2.45) is 5.14 Å². The zero-order valence-corrected chi connectivity index (χ0v) is 34.2. The van der Waals surface area contributed by atoms with Crippen molar-refractivity contribution in [2.75, 3.05) is 17.7 Å². The molecule has 5 heterocycles. The molecule has 9 aromatic rings. The molecule has 0 saturated carbocycles. The quantitative estimate of drug-likeness (QED) is 0.105. The first-order chi connectivity index (χ1) is 29.7. The summed E-state index contributed by atoms with van der Waals surface area (Å²) >= 11 is 6.13. The van der Waals surface area contributed by atoms with Gasteiger partial charge >= 0.3 is 0 Å². The molecule has 0 bridgehead atoms. The van der Waals surface area contributed by atoms with Crippen molar-refractivity contribution in [1.82, 2.24) is 34.9 Å². The zero-order chi connectivity index (χ0) is 42.2. The van der Waals surface area contributed by atoms with Gasteiger partial charge in [-0.05, 0) is 76.3 Å². The molecule has 0 unspecified atom stereocenters. The number of nitrogens with one attached hydrogen (secondary N) is 2. The van der Waals surface area contributed by atoms with Crippen LogP contribution in [-0.4, -0.2) is 50.4 Å². The van der Waals surface area contributed by atoms with Gasteiger partial charge < -0.3 is 15.4 Å². The lowest BCUT2D eigenvalue weighted by Crippen LogP contribution is -2.14. The van der Waals surface area contributed by atoms with Gasteiger partial charge in [0.15, 0.2) is 5.82 Å². The third-order valence-corrected chi connectivity index (χ3v) is 10.6. The number of hydrogen-bond acceptors (Lipinski definition) is 12. The van der Waals surface area contributed by atoms with Gasteiger partial charge in [-0.1, -0.05) is 97.1 Å². The molecule has 0 aliphatic heterocycles. The smallest absolute Gasteiger partial charge is 0.243 e. The number of sulfonamides is 1. The van der Waals surface area contributed by atoms with E-state index in [9.17, 15) is 8.42 Å². The van der Waals surface area contributed by atoms with Gasteiger partial charge in [-0.2, -0.15) is 0 Å². The number of ether oxygens (including phenoxy) is 1. The molecule has 0 fully saturated rings. The van der Waals surface area contributed by atoms with Crippen LogP contribution in [0.2, 0.25) is 5.28 Å². The molecule has 0 radical (unpaired) electrons. The monoisotopic (exact) mass is 844 g/mol. The van der Waals surface area contributed by atoms with Gasteiger partial charge in [0, 0.05) is 24.2 Å². The summed E-state index contributed by atoms with van der Waals surface area (Å²) in [6, 6.07) is 44.9. The van der Waals surface area contributed by atoms with Gasteiger partial charge in [0.2, 0.25) is 21.2 Å². The molecule has 9 rings (SSSR count). The third-order valence-electron chi connectivity index (χ3n) is 9.49. The first kappa shape index (κ1) is 40.4. The molecule has 0 atom stereocenters. The maximum Gasteiger partial charge on any atom is 0.243 e. The normalized spacial score (nSPS) is 11.1. The molecule has 61 heavy (non-hydrogen) atoms. The summed E-state index contributed by atoms with van der Waals surface area (Å²) < 4.78 is 29.3. The fraction of sp³-hybridized carbons (Fsp3) is 0.0652. The van der Waals surface area contributed by atoms with Crippen LogP contribution in [0.3, 0.4) is 0 Å². The fourth-order valence-corrected chi connectivity index (χ4v) is 7.55. The molecular weight excluding hydrogens is 808 g/mol. The molecule has 302 valence electrons. The van der Waals surface area contributed by atoms with E-state index in [1.165, 1.54) is 19.4 Å². The van der Waals surface area contributed by atoms with Crippen LogP contribution in [0.15, 0.2) is 163 Å². The number of anilines is 2. The van der Waals surface area contributed by atoms with Crippen molar-refractivity contribution in [3.8, 4) is 39.5 Å². The van der Waals surface area contributed by atoms with Crippen LogP contribution in [0.1, 0.15) is 11.4 Å². The average molecular weight is 845 g/mol. The van der Waals surface area contributed by atoms with Gasteiger partial charge in [-0.25, -0.2) is 38.5 Å². The Hall–Kier alpha value is -7.39. The number of benzene rings is 4. The highest BCUT2D eigenvalue weighted by Gasteiger charge is 2.21. The Balaban J connectivity index is 0.000000180. The number of fused-ring (bicyclic) bond motifs is 2. The molecule has 0 spiro atoms. The van der Waals surface area contributed by atoms with E-state index in [2.05, 4.69) is 53.8 Å². The van der Waals surface area contributed by atoms with Crippen molar-refractivity contribution in [2.45, 2.75) is 18.0 Å². The molecule has 0 aliphatic carbocycles. The van der Waals surface area contributed by atoms with Crippen molar-refractivity contribution in [3.05, 3.63) is 175 Å². The highest BCUT2D eigenvalue weighted by atomic mass is 35.5. The number of nitrogens with two attached hydrogens (primary N) is 1.